The number of Topliss-reactive ketones (excluding diaryl/α,β-unsaturated/α-hetero) is 1. The van der Waals surface area contributed by atoms with Crippen LogP contribution in [0, 0.1) is 6.92 Å². The first kappa shape index (κ1) is 14.2. The van der Waals surface area contributed by atoms with Gasteiger partial charge in [0.2, 0.25) is 0 Å². The first-order valence-corrected chi connectivity index (χ1v) is 7.41. The van der Waals surface area contributed by atoms with Gasteiger partial charge in [-0.15, -0.1) is 11.8 Å². The highest BCUT2D eigenvalue weighted by molar-refractivity contribution is 7.98. The molecule has 0 bridgehead atoms. The van der Waals surface area contributed by atoms with Gasteiger partial charge < -0.3 is 0 Å². The molecule has 0 amide bonds. The summed E-state index contributed by atoms with van der Waals surface area (Å²) < 4.78 is 0. The summed E-state index contributed by atoms with van der Waals surface area (Å²) in [6, 6.07) is 13.8. The number of aryl methyl sites for hydroxylation is 1. The minimum absolute atomic E-state index is 0.0955. The van der Waals surface area contributed by atoms with Crippen LogP contribution in [0.2, 0.25) is 5.02 Å². The van der Waals surface area contributed by atoms with E-state index in [-0.39, 0.29) is 5.78 Å². The van der Waals surface area contributed by atoms with Crippen LogP contribution in [0.4, 0.5) is 0 Å². The summed E-state index contributed by atoms with van der Waals surface area (Å²) in [5.41, 5.74) is 3.05. The maximum Gasteiger partial charge on any atom is 0.159 e. The van der Waals surface area contributed by atoms with Crippen LogP contribution >= 0.6 is 23.4 Å². The van der Waals surface area contributed by atoms with Crippen LogP contribution in [-0.2, 0) is 5.75 Å². The van der Waals surface area contributed by atoms with Crippen molar-refractivity contribution in [2.75, 3.05) is 0 Å². The highest BCUT2D eigenvalue weighted by atomic mass is 35.5. The Morgan fingerprint density at radius 1 is 1.16 bits per heavy atom. The van der Waals surface area contributed by atoms with Gasteiger partial charge in [-0.3, -0.25) is 4.79 Å². The standard InChI is InChI=1S/C16H15ClOS/c1-11-3-4-14(16(17)9-11)10-19-15-7-5-13(6-8-15)12(2)18/h3-9H,10H2,1-2H3. The second-order valence-electron chi connectivity index (χ2n) is 4.46. The molecule has 2 rings (SSSR count). The average molecular weight is 291 g/mol. The van der Waals surface area contributed by atoms with Crippen molar-refractivity contribution in [3.8, 4) is 0 Å². The molecule has 0 fully saturated rings. The van der Waals surface area contributed by atoms with E-state index in [9.17, 15) is 4.79 Å². The van der Waals surface area contributed by atoms with Crippen LogP contribution in [0.15, 0.2) is 47.4 Å². The van der Waals surface area contributed by atoms with E-state index >= 15 is 0 Å². The Morgan fingerprint density at radius 3 is 2.42 bits per heavy atom. The molecule has 2 aromatic rings. The maximum absolute atomic E-state index is 11.2. The van der Waals surface area contributed by atoms with Crippen molar-refractivity contribution in [3.05, 3.63) is 64.2 Å². The molecule has 0 saturated carbocycles. The van der Waals surface area contributed by atoms with Gasteiger partial charge in [-0.2, -0.15) is 0 Å². The lowest BCUT2D eigenvalue weighted by Crippen LogP contribution is -1.90. The Bertz CT molecular complexity index is 590. The third-order valence-electron chi connectivity index (χ3n) is 2.86. The highest BCUT2D eigenvalue weighted by Gasteiger charge is 2.03. The molecule has 0 saturated heterocycles. The number of carbonyl (C=O) groups excluding carboxylic acids is 1. The van der Waals surface area contributed by atoms with E-state index in [4.69, 9.17) is 11.6 Å². The summed E-state index contributed by atoms with van der Waals surface area (Å²) >= 11 is 7.92. The van der Waals surface area contributed by atoms with E-state index in [2.05, 4.69) is 12.1 Å². The van der Waals surface area contributed by atoms with Crippen LogP contribution in [0.1, 0.15) is 28.4 Å². The summed E-state index contributed by atoms with van der Waals surface area (Å²) in [7, 11) is 0. The van der Waals surface area contributed by atoms with Gasteiger partial charge in [0.15, 0.2) is 5.78 Å². The van der Waals surface area contributed by atoms with Crippen molar-refractivity contribution in [2.45, 2.75) is 24.5 Å². The molecule has 0 radical (unpaired) electrons. The fraction of sp³-hybridized carbons (Fsp3) is 0.188. The van der Waals surface area contributed by atoms with E-state index in [1.54, 1.807) is 18.7 Å². The molecule has 0 aliphatic heterocycles. The maximum atomic E-state index is 11.2. The molecule has 2 aromatic carbocycles. The summed E-state index contributed by atoms with van der Waals surface area (Å²) in [5.74, 6) is 0.927. The van der Waals surface area contributed by atoms with Crippen molar-refractivity contribution in [1.29, 1.82) is 0 Å². The molecule has 0 aliphatic carbocycles. The third-order valence-corrected chi connectivity index (χ3v) is 4.28. The lowest BCUT2D eigenvalue weighted by atomic mass is 10.2. The topological polar surface area (TPSA) is 17.1 Å². The summed E-state index contributed by atoms with van der Waals surface area (Å²) in [6.45, 7) is 3.61. The third kappa shape index (κ3) is 3.85. The molecule has 0 heterocycles. The number of carbonyl (C=O) groups is 1. The second-order valence-corrected chi connectivity index (χ2v) is 5.92. The fourth-order valence-electron chi connectivity index (χ4n) is 1.72. The van der Waals surface area contributed by atoms with E-state index < -0.39 is 0 Å². The number of thioether (sulfide) groups is 1. The summed E-state index contributed by atoms with van der Waals surface area (Å²) in [4.78, 5) is 12.3. The Balaban J connectivity index is 2.04. The number of hydrogen-bond donors (Lipinski definition) is 0. The lowest BCUT2D eigenvalue weighted by molar-refractivity contribution is 0.101. The van der Waals surface area contributed by atoms with Gasteiger partial charge in [-0.25, -0.2) is 0 Å². The molecular formula is C16H15ClOS. The first-order chi connectivity index (χ1) is 9.06. The normalized spacial score (nSPS) is 10.5. The smallest absolute Gasteiger partial charge is 0.159 e. The number of hydrogen-bond acceptors (Lipinski definition) is 2. The van der Waals surface area contributed by atoms with Gasteiger partial charge in [0, 0.05) is 21.2 Å². The average Bonchev–Trinajstić information content (AvgIpc) is 2.38. The summed E-state index contributed by atoms with van der Waals surface area (Å²) in [5, 5.41) is 0.813. The summed E-state index contributed by atoms with van der Waals surface area (Å²) in [6.07, 6.45) is 0. The number of halogens is 1. The quantitative estimate of drug-likeness (QED) is 0.572. The molecule has 0 spiro atoms. The number of rotatable bonds is 4. The Morgan fingerprint density at radius 2 is 1.84 bits per heavy atom. The van der Waals surface area contributed by atoms with Gasteiger partial charge in [-0.1, -0.05) is 35.9 Å². The molecule has 0 atom stereocenters. The van der Waals surface area contributed by atoms with Crippen LogP contribution < -0.4 is 0 Å². The fourth-order valence-corrected chi connectivity index (χ4v) is 3.00. The molecular weight excluding hydrogens is 276 g/mol. The van der Waals surface area contributed by atoms with E-state index in [1.165, 1.54) is 5.56 Å². The van der Waals surface area contributed by atoms with Crippen molar-refractivity contribution in [1.82, 2.24) is 0 Å². The van der Waals surface area contributed by atoms with E-state index in [0.29, 0.717) is 0 Å². The largest absolute Gasteiger partial charge is 0.295 e. The first-order valence-electron chi connectivity index (χ1n) is 6.05. The predicted octanol–water partition coefficient (Wildman–Crippen LogP) is 5.14. The minimum atomic E-state index is 0.0955. The molecule has 0 N–H and O–H groups in total. The van der Waals surface area contributed by atoms with Crippen molar-refractivity contribution in [2.24, 2.45) is 0 Å². The van der Waals surface area contributed by atoms with Crippen molar-refractivity contribution < 1.29 is 4.79 Å². The molecule has 0 unspecified atom stereocenters. The minimum Gasteiger partial charge on any atom is -0.295 e. The van der Waals surface area contributed by atoms with Crippen LogP contribution in [0.3, 0.4) is 0 Å². The Labute approximate surface area is 123 Å². The van der Waals surface area contributed by atoms with Gasteiger partial charge in [0.1, 0.15) is 0 Å². The van der Waals surface area contributed by atoms with Crippen LogP contribution in [0.25, 0.3) is 0 Å². The molecule has 0 aromatic heterocycles. The van der Waals surface area contributed by atoms with Crippen LogP contribution in [-0.4, -0.2) is 5.78 Å². The van der Waals surface area contributed by atoms with Gasteiger partial charge in [0.05, 0.1) is 0 Å². The molecule has 98 valence electrons. The SMILES string of the molecule is CC(=O)c1ccc(SCc2ccc(C)cc2Cl)cc1. The van der Waals surface area contributed by atoms with E-state index in [1.807, 2.05) is 37.3 Å². The zero-order chi connectivity index (χ0) is 13.8. The predicted molar refractivity (Wildman–Crippen MR) is 82.2 cm³/mol. The van der Waals surface area contributed by atoms with Crippen molar-refractivity contribution >= 4 is 29.1 Å². The zero-order valence-electron chi connectivity index (χ0n) is 10.9. The highest BCUT2D eigenvalue weighted by Crippen LogP contribution is 2.27. The molecule has 1 nitrogen and oxygen atoms in total. The van der Waals surface area contributed by atoms with E-state index in [0.717, 1.165) is 26.8 Å². The zero-order valence-corrected chi connectivity index (χ0v) is 12.5. The molecule has 0 aliphatic rings. The lowest BCUT2D eigenvalue weighted by Gasteiger charge is -2.06. The number of benzene rings is 2. The molecule has 19 heavy (non-hydrogen) atoms. The van der Waals surface area contributed by atoms with Gasteiger partial charge in [0.25, 0.3) is 0 Å². The van der Waals surface area contributed by atoms with Crippen LogP contribution in [0.5, 0.6) is 0 Å². The monoisotopic (exact) mass is 290 g/mol. The molecule has 3 heteroatoms. The van der Waals surface area contributed by atoms with Gasteiger partial charge in [-0.05, 0) is 43.2 Å². The number of ketones is 1. The van der Waals surface area contributed by atoms with Gasteiger partial charge >= 0.3 is 0 Å². The van der Waals surface area contributed by atoms with Crippen molar-refractivity contribution in [3.63, 3.8) is 0 Å². The Hall–Kier alpha value is -1.25. The Kier molecular flexibility index (Phi) is 4.67. The second kappa shape index (κ2) is 6.27.